The van der Waals surface area contributed by atoms with E-state index in [1.54, 1.807) is 7.11 Å². The lowest BCUT2D eigenvalue weighted by Crippen LogP contribution is -2.04. The maximum Gasteiger partial charge on any atom is 0.161 e. The predicted molar refractivity (Wildman–Crippen MR) is 114 cm³/mol. The van der Waals surface area contributed by atoms with Crippen molar-refractivity contribution in [1.82, 2.24) is 0 Å². The normalized spacial score (nSPS) is 10.8. The minimum atomic E-state index is 0.578. The highest BCUT2D eigenvalue weighted by Crippen LogP contribution is 2.28. The standard InChI is InChI=1S/C24H25NO3/c1-3-27-24-17-20(18-25-21-10-12-22(26-2)13-11-21)9-14-23(24)28-16-15-19-7-5-4-6-8-19/h4-14,17-18H,3,15-16H2,1-2H3. The number of hydrogen-bond acceptors (Lipinski definition) is 4. The van der Waals surface area contributed by atoms with Crippen LogP contribution in [0.1, 0.15) is 18.1 Å². The first-order valence-corrected chi connectivity index (χ1v) is 9.40. The van der Waals surface area contributed by atoms with E-state index in [0.717, 1.165) is 34.9 Å². The summed E-state index contributed by atoms with van der Waals surface area (Å²) in [6, 6.07) is 23.8. The molecule has 0 saturated heterocycles. The van der Waals surface area contributed by atoms with E-state index in [1.807, 2.05) is 73.8 Å². The summed E-state index contributed by atoms with van der Waals surface area (Å²) in [4.78, 5) is 4.51. The minimum absolute atomic E-state index is 0.578. The Morgan fingerprint density at radius 2 is 1.64 bits per heavy atom. The predicted octanol–water partition coefficient (Wildman–Crippen LogP) is 5.47. The third kappa shape index (κ3) is 5.61. The fourth-order valence-electron chi connectivity index (χ4n) is 2.73. The molecule has 0 aliphatic rings. The molecule has 0 atom stereocenters. The van der Waals surface area contributed by atoms with Crippen molar-refractivity contribution in [3.05, 3.63) is 83.9 Å². The molecule has 0 spiro atoms. The molecule has 0 aliphatic carbocycles. The molecule has 3 aromatic rings. The molecule has 4 heteroatoms. The Kier molecular flexibility index (Phi) is 7.08. The third-order valence-electron chi connectivity index (χ3n) is 4.19. The van der Waals surface area contributed by atoms with Crippen LogP contribution in [0.3, 0.4) is 0 Å². The van der Waals surface area contributed by atoms with Gasteiger partial charge in [0, 0.05) is 12.6 Å². The average Bonchev–Trinajstić information content (AvgIpc) is 2.75. The maximum absolute atomic E-state index is 5.95. The van der Waals surface area contributed by atoms with Gasteiger partial charge in [0.2, 0.25) is 0 Å². The van der Waals surface area contributed by atoms with Crippen molar-refractivity contribution >= 4 is 11.9 Å². The van der Waals surface area contributed by atoms with Crippen molar-refractivity contribution in [2.75, 3.05) is 20.3 Å². The van der Waals surface area contributed by atoms with Gasteiger partial charge in [-0.05, 0) is 60.5 Å². The molecule has 0 fully saturated rings. The van der Waals surface area contributed by atoms with Crippen LogP contribution in [0.25, 0.3) is 0 Å². The highest BCUT2D eigenvalue weighted by atomic mass is 16.5. The number of nitrogens with zero attached hydrogens (tertiary/aromatic N) is 1. The Bertz CT molecular complexity index is 889. The quantitative estimate of drug-likeness (QED) is 0.466. The van der Waals surface area contributed by atoms with E-state index in [9.17, 15) is 0 Å². The largest absolute Gasteiger partial charge is 0.497 e. The lowest BCUT2D eigenvalue weighted by molar-refractivity contribution is 0.279. The van der Waals surface area contributed by atoms with E-state index in [1.165, 1.54) is 5.56 Å². The van der Waals surface area contributed by atoms with Crippen LogP contribution in [0, 0.1) is 0 Å². The monoisotopic (exact) mass is 375 g/mol. The Balaban J connectivity index is 1.66. The van der Waals surface area contributed by atoms with Crippen molar-refractivity contribution in [1.29, 1.82) is 0 Å². The van der Waals surface area contributed by atoms with Gasteiger partial charge < -0.3 is 14.2 Å². The smallest absolute Gasteiger partial charge is 0.161 e. The van der Waals surface area contributed by atoms with Gasteiger partial charge in [-0.1, -0.05) is 30.3 Å². The number of rotatable bonds is 9. The molecule has 0 unspecified atom stereocenters. The van der Waals surface area contributed by atoms with E-state index in [-0.39, 0.29) is 0 Å². The fourth-order valence-corrected chi connectivity index (χ4v) is 2.73. The second-order valence-electron chi connectivity index (χ2n) is 6.18. The molecule has 4 nitrogen and oxygen atoms in total. The topological polar surface area (TPSA) is 40.0 Å². The molecule has 0 radical (unpaired) electrons. The number of aliphatic imine (C=N–C) groups is 1. The van der Waals surface area contributed by atoms with Gasteiger partial charge in [0.25, 0.3) is 0 Å². The molecule has 0 saturated carbocycles. The van der Waals surface area contributed by atoms with E-state index < -0.39 is 0 Å². The molecule has 0 aromatic heterocycles. The van der Waals surface area contributed by atoms with Gasteiger partial charge in [-0.3, -0.25) is 4.99 Å². The van der Waals surface area contributed by atoms with Gasteiger partial charge in [0.15, 0.2) is 11.5 Å². The first-order chi connectivity index (χ1) is 13.8. The van der Waals surface area contributed by atoms with Crippen LogP contribution in [0.4, 0.5) is 5.69 Å². The van der Waals surface area contributed by atoms with E-state index in [4.69, 9.17) is 14.2 Å². The van der Waals surface area contributed by atoms with Crippen LogP contribution in [-0.4, -0.2) is 26.5 Å². The summed E-state index contributed by atoms with van der Waals surface area (Å²) in [7, 11) is 1.65. The molecular formula is C24H25NO3. The van der Waals surface area contributed by atoms with Crippen LogP contribution in [0.5, 0.6) is 17.2 Å². The third-order valence-corrected chi connectivity index (χ3v) is 4.19. The Labute approximate surface area is 166 Å². The summed E-state index contributed by atoms with van der Waals surface area (Å²) in [6.45, 7) is 3.14. The van der Waals surface area contributed by atoms with Gasteiger partial charge >= 0.3 is 0 Å². The number of hydrogen-bond donors (Lipinski definition) is 0. The molecule has 0 heterocycles. The van der Waals surface area contributed by atoms with Crippen molar-refractivity contribution in [3.8, 4) is 17.2 Å². The summed E-state index contributed by atoms with van der Waals surface area (Å²) < 4.78 is 16.9. The zero-order chi connectivity index (χ0) is 19.6. The molecule has 0 amide bonds. The number of methoxy groups -OCH3 is 1. The summed E-state index contributed by atoms with van der Waals surface area (Å²) in [6.07, 6.45) is 2.67. The van der Waals surface area contributed by atoms with Crippen LogP contribution >= 0.6 is 0 Å². The zero-order valence-corrected chi connectivity index (χ0v) is 16.3. The van der Waals surface area contributed by atoms with E-state index in [0.29, 0.717) is 13.2 Å². The Hall–Kier alpha value is -3.27. The van der Waals surface area contributed by atoms with Gasteiger partial charge in [-0.2, -0.15) is 0 Å². The van der Waals surface area contributed by atoms with Gasteiger partial charge in [-0.15, -0.1) is 0 Å². The summed E-state index contributed by atoms with van der Waals surface area (Å²) >= 11 is 0. The minimum Gasteiger partial charge on any atom is -0.497 e. The molecule has 0 bridgehead atoms. The molecular weight excluding hydrogens is 350 g/mol. The Morgan fingerprint density at radius 1 is 0.857 bits per heavy atom. The second-order valence-corrected chi connectivity index (χ2v) is 6.18. The van der Waals surface area contributed by atoms with Crippen molar-refractivity contribution < 1.29 is 14.2 Å². The second kappa shape index (κ2) is 10.2. The average molecular weight is 375 g/mol. The molecule has 3 rings (SSSR count). The van der Waals surface area contributed by atoms with Crippen LogP contribution in [-0.2, 0) is 6.42 Å². The van der Waals surface area contributed by atoms with Gasteiger partial charge in [0.05, 0.1) is 26.0 Å². The van der Waals surface area contributed by atoms with Gasteiger partial charge in [-0.25, -0.2) is 0 Å². The van der Waals surface area contributed by atoms with Crippen LogP contribution in [0.2, 0.25) is 0 Å². The van der Waals surface area contributed by atoms with Gasteiger partial charge in [0.1, 0.15) is 5.75 Å². The van der Waals surface area contributed by atoms with Crippen LogP contribution in [0.15, 0.2) is 77.8 Å². The van der Waals surface area contributed by atoms with Crippen molar-refractivity contribution in [2.24, 2.45) is 4.99 Å². The lowest BCUT2D eigenvalue weighted by Gasteiger charge is -2.12. The van der Waals surface area contributed by atoms with Crippen molar-refractivity contribution in [2.45, 2.75) is 13.3 Å². The van der Waals surface area contributed by atoms with Crippen LogP contribution < -0.4 is 14.2 Å². The highest BCUT2D eigenvalue weighted by Gasteiger charge is 2.06. The molecule has 3 aromatic carbocycles. The summed E-state index contributed by atoms with van der Waals surface area (Å²) in [5.41, 5.74) is 3.07. The van der Waals surface area contributed by atoms with Crippen molar-refractivity contribution in [3.63, 3.8) is 0 Å². The van der Waals surface area contributed by atoms with E-state index in [2.05, 4.69) is 17.1 Å². The highest BCUT2D eigenvalue weighted by molar-refractivity contribution is 5.83. The molecule has 28 heavy (non-hydrogen) atoms. The number of benzene rings is 3. The summed E-state index contributed by atoms with van der Waals surface area (Å²) in [5.74, 6) is 2.29. The summed E-state index contributed by atoms with van der Waals surface area (Å²) in [5, 5.41) is 0. The first-order valence-electron chi connectivity index (χ1n) is 9.40. The molecule has 0 aliphatic heterocycles. The van der Waals surface area contributed by atoms with E-state index >= 15 is 0 Å². The Morgan fingerprint density at radius 3 is 2.36 bits per heavy atom. The fraction of sp³-hybridized carbons (Fsp3) is 0.208. The first kappa shape index (κ1) is 19.5. The molecule has 0 N–H and O–H groups in total. The number of ether oxygens (including phenoxy) is 3. The lowest BCUT2D eigenvalue weighted by atomic mass is 10.2. The molecule has 144 valence electrons. The zero-order valence-electron chi connectivity index (χ0n) is 16.3. The SMILES string of the molecule is CCOc1cc(C=Nc2ccc(OC)cc2)ccc1OCCc1ccccc1. The maximum atomic E-state index is 5.95.